The van der Waals surface area contributed by atoms with E-state index in [0.29, 0.717) is 0 Å². The number of aromatic amines is 1. The fraction of sp³-hybridized carbons (Fsp3) is 0.429. The summed E-state index contributed by atoms with van der Waals surface area (Å²) in [5.41, 5.74) is 2.66. The number of allylic oxidation sites excluding steroid dienone is 2. The first-order valence-electron chi connectivity index (χ1n) is 5.37. The Hall–Kier alpha value is -1.24. The molecule has 0 aliphatic heterocycles. The number of aromatic nitrogens is 1. The Morgan fingerprint density at radius 3 is 2.40 bits per heavy atom. The summed E-state index contributed by atoms with van der Waals surface area (Å²) in [6, 6.07) is 2.19. The average Bonchev–Trinajstić information content (AvgIpc) is 2.47. The van der Waals surface area contributed by atoms with Gasteiger partial charge in [0.05, 0.1) is 0 Å². The van der Waals surface area contributed by atoms with E-state index in [1.54, 1.807) is 0 Å². The van der Waals surface area contributed by atoms with Crippen LogP contribution in [0.3, 0.4) is 0 Å². The van der Waals surface area contributed by atoms with Gasteiger partial charge in [-0.2, -0.15) is 0 Å². The lowest BCUT2D eigenvalue weighted by Gasteiger charge is -2.15. The van der Waals surface area contributed by atoms with Gasteiger partial charge in [-0.05, 0) is 25.1 Å². The maximum atomic E-state index is 4.03. The minimum Gasteiger partial charge on any atom is -0.358 e. The van der Waals surface area contributed by atoms with E-state index in [9.17, 15) is 0 Å². The molecule has 1 heteroatoms. The summed E-state index contributed by atoms with van der Waals surface area (Å²) in [6.45, 7) is 14.8. The van der Waals surface area contributed by atoms with Gasteiger partial charge in [-0.3, -0.25) is 0 Å². The lowest BCUT2D eigenvalue weighted by atomic mass is 9.92. The smallest absolute Gasteiger partial charge is 0.0383 e. The zero-order valence-electron chi connectivity index (χ0n) is 10.4. The van der Waals surface area contributed by atoms with E-state index in [0.717, 1.165) is 5.35 Å². The molecule has 0 atom stereocenters. The molecule has 0 saturated carbocycles. The van der Waals surface area contributed by atoms with Crippen LogP contribution in [-0.4, -0.2) is 4.98 Å². The molecule has 0 radical (unpaired) electrons. The Morgan fingerprint density at radius 2 is 2.00 bits per heavy atom. The number of hydrogen-bond acceptors (Lipinski definition) is 0. The molecule has 0 fully saturated rings. The molecule has 15 heavy (non-hydrogen) atoms. The Morgan fingerprint density at radius 1 is 1.40 bits per heavy atom. The van der Waals surface area contributed by atoms with Gasteiger partial charge >= 0.3 is 0 Å². The minimum absolute atomic E-state index is 0.155. The molecule has 1 N–H and O–H groups in total. The second-order valence-electron chi connectivity index (χ2n) is 5.04. The molecule has 0 aromatic carbocycles. The molecule has 1 nitrogen and oxygen atoms in total. The van der Waals surface area contributed by atoms with Gasteiger partial charge < -0.3 is 4.98 Å². The monoisotopic (exact) mass is 203 g/mol. The van der Waals surface area contributed by atoms with Crippen molar-refractivity contribution in [2.45, 2.75) is 40.0 Å². The molecule has 1 aromatic heterocycles. The SMILES string of the molecule is C=c1[nH]c(C(C)(C)C)c/c1=C/C(C)=C\C. The summed E-state index contributed by atoms with van der Waals surface area (Å²) in [7, 11) is 0. The van der Waals surface area contributed by atoms with Crippen molar-refractivity contribution in [1.29, 1.82) is 0 Å². The third-order valence-corrected chi connectivity index (χ3v) is 2.58. The summed E-state index contributed by atoms with van der Waals surface area (Å²) >= 11 is 0. The highest BCUT2D eigenvalue weighted by Gasteiger charge is 2.14. The quantitative estimate of drug-likeness (QED) is 0.721. The summed E-state index contributed by atoms with van der Waals surface area (Å²) in [5, 5.41) is 2.19. The van der Waals surface area contributed by atoms with Crippen LogP contribution in [0.1, 0.15) is 40.3 Å². The van der Waals surface area contributed by atoms with Crippen molar-refractivity contribution in [3.05, 3.63) is 34.0 Å². The first-order chi connectivity index (χ1) is 6.84. The van der Waals surface area contributed by atoms with Crippen molar-refractivity contribution in [1.82, 2.24) is 4.98 Å². The second kappa shape index (κ2) is 4.09. The Bertz CT molecular complexity index is 466. The molecule has 0 bridgehead atoms. The van der Waals surface area contributed by atoms with Crippen molar-refractivity contribution in [3.63, 3.8) is 0 Å². The maximum absolute atomic E-state index is 4.03. The van der Waals surface area contributed by atoms with Crippen molar-refractivity contribution in [2.24, 2.45) is 0 Å². The zero-order chi connectivity index (χ0) is 11.6. The number of H-pyrrole nitrogens is 1. The molecule has 0 saturated heterocycles. The molecule has 0 unspecified atom stereocenters. The normalized spacial score (nSPS) is 14.7. The van der Waals surface area contributed by atoms with Crippen molar-refractivity contribution in [3.8, 4) is 0 Å². The molecule has 0 amide bonds. The van der Waals surface area contributed by atoms with Crippen LogP contribution in [0.25, 0.3) is 12.7 Å². The van der Waals surface area contributed by atoms with E-state index in [1.807, 2.05) is 6.92 Å². The first kappa shape index (κ1) is 11.8. The Kier molecular flexibility index (Phi) is 3.23. The number of nitrogens with one attached hydrogen (secondary N) is 1. The van der Waals surface area contributed by atoms with Crippen molar-refractivity contribution < 1.29 is 0 Å². The average molecular weight is 203 g/mol. The van der Waals surface area contributed by atoms with Crippen LogP contribution in [0.15, 0.2) is 17.7 Å². The van der Waals surface area contributed by atoms with Gasteiger partial charge in [0.1, 0.15) is 0 Å². The molecule has 1 rings (SSSR count). The third kappa shape index (κ3) is 2.85. The van der Waals surface area contributed by atoms with E-state index < -0.39 is 0 Å². The van der Waals surface area contributed by atoms with E-state index in [2.05, 4.69) is 57.5 Å². The summed E-state index contributed by atoms with van der Waals surface area (Å²) < 4.78 is 0. The summed E-state index contributed by atoms with van der Waals surface area (Å²) in [5.74, 6) is 0. The molecule has 0 spiro atoms. The van der Waals surface area contributed by atoms with E-state index >= 15 is 0 Å². The highest BCUT2D eigenvalue weighted by molar-refractivity contribution is 5.45. The molecule has 0 aliphatic rings. The lowest BCUT2D eigenvalue weighted by Crippen LogP contribution is -2.20. The van der Waals surface area contributed by atoms with Crippen LogP contribution in [0, 0.1) is 0 Å². The minimum atomic E-state index is 0.155. The van der Waals surface area contributed by atoms with E-state index in [-0.39, 0.29) is 5.41 Å². The fourth-order valence-corrected chi connectivity index (χ4v) is 1.37. The van der Waals surface area contributed by atoms with Crippen molar-refractivity contribution >= 4 is 12.7 Å². The molecule has 1 aromatic rings. The summed E-state index contributed by atoms with van der Waals surface area (Å²) in [6.07, 6.45) is 4.26. The first-order valence-corrected chi connectivity index (χ1v) is 5.37. The van der Waals surface area contributed by atoms with E-state index in [1.165, 1.54) is 16.5 Å². The lowest BCUT2D eigenvalue weighted by molar-refractivity contribution is 0.572. The molecule has 1 heterocycles. The van der Waals surface area contributed by atoms with Gasteiger partial charge in [0.25, 0.3) is 0 Å². The van der Waals surface area contributed by atoms with Gasteiger partial charge in [0.2, 0.25) is 0 Å². The largest absolute Gasteiger partial charge is 0.358 e. The maximum Gasteiger partial charge on any atom is 0.0383 e. The molecule has 82 valence electrons. The molecule has 0 aliphatic carbocycles. The molecular weight excluding hydrogens is 182 g/mol. The van der Waals surface area contributed by atoms with Gasteiger partial charge in [0.15, 0.2) is 0 Å². The second-order valence-corrected chi connectivity index (χ2v) is 5.04. The summed E-state index contributed by atoms with van der Waals surface area (Å²) in [4.78, 5) is 3.34. The zero-order valence-corrected chi connectivity index (χ0v) is 10.4. The van der Waals surface area contributed by atoms with Crippen LogP contribution < -0.4 is 10.6 Å². The van der Waals surface area contributed by atoms with Gasteiger partial charge in [0, 0.05) is 16.5 Å². The van der Waals surface area contributed by atoms with Gasteiger partial charge in [-0.25, -0.2) is 0 Å². The van der Waals surface area contributed by atoms with Crippen LogP contribution >= 0.6 is 0 Å². The van der Waals surface area contributed by atoms with Crippen molar-refractivity contribution in [2.75, 3.05) is 0 Å². The number of hydrogen-bond donors (Lipinski definition) is 1. The predicted octanol–water partition coefficient (Wildman–Crippen LogP) is 2.47. The highest BCUT2D eigenvalue weighted by Crippen LogP contribution is 2.17. The van der Waals surface area contributed by atoms with Gasteiger partial charge in [-0.1, -0.05) is 45.1 Å². The predicted molar refractivity (Wildman–Crippen MR) is 68.2 cm³/mol. The third-order valence-electron chi connectivity index (χ3n) is 2.58. The van der Waals surface area contributed by atoms with Crippen LogP contribution in [-0.2, 0) is 5.41 Å². The van der Waals surface area contributed by atoms with Crippen LogP contribution in [0.4, 0.5) is 0 Å². The van der Waals surface area contributed by atoms with Crippen LogP contribution in [0.5, 0.6) is 0 Å². The Balaban J connectivity index is 3.31. The Labute approximate surface area is 92.2 Å². The topological polar surface area (TPSA) is 15.8 Å². The van der Waals surface area contributed by atoms with Crippen LogP contribution in [0.2, 0.25) is 0 Å². The highest BCUT2D eigenvalue weighted by atomic mass is 14.7. The fourth-order valence-electron chi connectivity index (χ4n) is 1.37. The van der Waals surface area contributed by atoms with Gasteiger partial charge in [-0.15, -0.1) is 0 Å². The molecular formula is C14H21N. The standard InChI is InChI=1S/C14H21N/c1-7-10(2)8-12-9-13(14(4,5)6)15-11(12)3/h7-9,15H,3H2,1-2,4-6H3/b10-7-,12-8-. The number of rotatable bonds is 1. The van der Waals surface area contributed by atoms with E-state index in [4.69, 9.17) is 0 Å².